The molecular weight excluding hydrogens is 307 g/mol. The summed E-state index contributed by atoms with van der Waals surface area (Å²) in [7, 11) is 2.00. The number of aryl methyl sites for hydroxylation is 1. The van der Waals surface area contributed by atoms with Crippen LogP contribution in [0.15, 0.2) is 48.5 Å². The van der Waals surface area contributed by atoms with Gasteiger partial charge in [0.05, 0.1) is 0 Å². The first-order chi connectivity index (χ1) is 11.6. The summed E-state index contributed by atoms with van der Waals surface area (Å²) >= 11 is 0. The lowest BCUT2D eigenvalue weighted by Crippen LogP contribution is -2.28. The molecule has 0 unspecified atom stereocenters. The highest BCUT2D eigenvalue weighted by Gasteiger charge is 2.12. The van der Waals surface area contributed by atoms with Crippen LogP contribution in [0.3, 0.4) is 0 Å². The predicted molar refractivity (Wildman–Crippen MR) is 91.4 cm³/mol. The summed E-state index contributed by atoms with van der Waals surface area (Å²) in [6.07, 6.45) is 0. The zero-order valence-corrected chi connectivity index (χ0v) is 13.7. The molecule has 1 aromatic heterocycles. The third kappa shape index (κ3) is 3.11. The molecule has 0 spiro atoms. The maximum atomic E-state index is 13.5. The largest absolute Gasteiger partial charge is 0.481 e. The van der Waals surface area contributed by atoms with Crippen LogP contribution in [0, 0.1) is 12.7 Å². The Morgan fingerprint density at radius 3 is 2.67 bits per heavy atom. The third-order valence-electron chi connectivity index (χ3n) is 4.19. The minimum atomic E-state index is -0.477. The first-order valence-corrected chi connectivity index (χ1v) is 7.75. The van der Waals surface area contributed by atoms with Crippen LogP contribution in [0.1, 0.15) is 11.3 Å². The monoisotopic (exact) mass is 326 g/mol. The lowest BCUT2D eigenvalue weighted by Gasteiger charge is -2.08. The number of amides is 1. The fourth-order valence-electron chi connectivity index (χ4n) is 2.77. The highest BCUT2D eigenvalue weighted by molar-refractivity contribution is 5.86. The number of hydrogen-bond donors (Lipinski definition) is 1. The standard InChI is InChI=1S/C19H19FN2O2/c1-13-15(14-7-3-5-9-17(14)22(13)2)11-21-19(23)12-24-18-10-6-4-8-16(18)20/h3-10H,11-12H2,1-2H3,(H,21,23). The minimum absolute atomic E-state index is 0.0778. The summed E-state index contributed by atoms with van der Waals surface area (Å²) in [5.41, 5.74) is 3.31. The van der Waals surface area contributed by atoms with Crippen molar-refractivity contribution < 1.29 is 13.9 Å². The molecule has 0 fully saturated rings. The molecule has 0 aliphatic heterocycles. The Labute approximate surface area is 139 Å². The van der Waals surface area contributed by atoms with Crippen molar-refractivity contribution in [1.29, 1.82) is 0 Å². The molecule has 24 heavy (non-hydrogen) atoms. The van der Waals surface area contributed by atoms with Crippen molar-refractivity contribution in [3.8, 4) is 5.75 Å². The van der Waals surface area contributed by atoms with Crippen molar-refractivity contribution in [1.82, 2.24) is 9.88 Å². The van der Waals surface area contributed by atoms with Crippen LogP contribution in [0.4, 0.5) is 4.39 Å². The maximum absolute atomic E-state index is 13.5. The number of rotatable bonds is 5. The first kappa shape index (κ1) is 16.1. The number of hydrogen-bond acceptors (Lipinski definition) is 2. The molecule has 0 atom stereocenters. The zero-order chi connectivity index (χ0) is 17.1. The van der Waals surface area contributed by atoms with Gasteiger partial charge >= 0.3 is 0 Å². The Morgan fingerprint density at radius 1 is 1.17 bits per heavy atom. The maximum Gasteiger partial charge on any atom is 0.258 e. The smallest absolute Gasteiger partial charge is 0.258 e. The highest BCUT2D eigenvalue weighted by Crippen LogP contribution is 2.24. The van der Waals surface area contributed by atoms with E-state index in [4.69, 9.17) is 4.74 Å². The van der Waals surface area contributed by atoms with Gasteiger partial charge in [-0.2, -0.15) is 0 Å². The number of nitrogens with zero attached hydrogens (tertiary/aromatic N) is 1. The molecule has 124 valence electrons. The number of halogens is 1. The molecular formula is C19H19FN2O2. The molecule has 0 radical (unpaired) electrons. The highest BCUT2D eigenvalue weighted by atomic mass is 19.1. The van der Waals surface area contributed by atoms with E-state index in [1.165, 1.54) is 12.1 Å². The zero-order valence-electron chi connectivity index (χ0n) is 13.7. The second kappa shape index (κ2) is 6.74. The minimum Gasteiger partial charge on any atom is -0.481 e. The molecule has 0 aliphatic rings. The molecule has 5 heteroatoms. The van der Waals surface area contributed by atoms with Crippen LogP contribution >= 0.6 is 0 Å². The van der Waals surface area contributed by atoms with E-state index in [0.29, 0.717) is 6.54 Å². The van der Waals surface area contributed by atoms with Crippen LogP contribution in [0.25, 0.3) is 10.9 Å². The topological polar surface area (TPSA) is 43.3 Å². The summed E-state index contributed by atoms with van der Waals surface area (Å²) in [4.78, 5) is 12.0. The van der Waals surface area contributed by atoms with Crippen LogP contribution in [0.5, 0.6) is 5.75 Å². The molecule has 1 N–H and O–H groups in total. The van der Waals surface area contributed by atoms with Gasteiger partial charge in [-0.05, 0) is 30.7 Å². The number of nitrogens with one attached hydrogen (secondary N) is 1. The van der Waals surface area contributed by atoms with Crippen LogP contribution in [-0.2, 0) is 18.4 Å². The Bertz CT molecular complexity index is 886. The Morgan fingerprint density at radius 2 is 1.88 bits per heavy atom. The van der Waals surface area contributed by atoms with Gasteiger partial charge in [0.25, 0.3) is 5.91 Å². The molecule has 4 nitrogen and oxygen atoms in total. The number of para-hydroxylation sites is 2. The van der Waals surface area contributed by atoms with Gasteiger partial charge in [-0.3, -0.25) is 4.79 Å². The molecule has 0 saturated carbocycles. The molecule has 3 aromatic rings. The van der Waals surface area contributed by atoms with Gasteiger partial charge < -0.3 is 14.6 Å². The number of fused-ring (bicyclic) bond motifs is 1. The summed E-state index contributed by atoms with van der Waals surface area (Å²) in [5, 5.41) is 3.95. The van der Waals surface area contributed by atoms with Crippen molar-refractivity contribution in [2.45, 2.75) is 13.5 Å². The van der Waals surface area contributed by atoms with Gasteiger partial charge in [0.15, 0.2) is 18.2 Å². The normalized spacial score (nSPS) is 10.8. The Hall–Kier alpha value is -2.82. The number of carbonyl (C=O) groups excluding carboxylic acids is 1. The van der Waals surface area contributed by atoms with Crippen molar-refractivity contribution in [2.75, 3.05) is 6.61 Å². The third-order valence-corrected chi connectivity index (χ3v) is 4.19. The van der Waals surface area contributed by atoms with E-state index >= 15 is 0 Å². The SMILES string of the molecule is Cc1c(CNC(=O)COc2ccccc2F)c2ccccc2n1C. The summed E-state index contributed by atoms with van der Waals surface area (Å²) in [5.74, 6) is -0.685. The lowest BCUT2D eigenvalue weighted by atomic mass is 10.1. The van der Waals surface area contributed by atoms with Crippen molar-refractivity contribution in [3.05, 3.63) is 65.6 Å². The van der Waals surface area contributed by atoms with Gasteiger partial charge in [-0.1, -0.05) is 30.3 Å². The van der Waals surface area contributed by atoms with Crippen LogP contribution in [-0.4, -0.2) is 17.1 Å². The Kier molecular flexibility index (Phi) is 4.51. The van der Waals surface area contributed by atoms with Crippen LogP contribution < -0.4 is 10.1 Å². The lowest BCUT2D eigenvalue weighted by molar-refractivity contribution is -0.123. The number of carbonyl (C=O) groups is 1. The fourth-order valence-corrected chi connectivity index (χ4v) is 2.77. The summed E-state index contributed by atoms with van der Waals surface area (Å²) in [6.45, 7) is 2.22. The molecule has 1 amide bonds. The van der Waals surface area contributed by atoms with Gasteiger partial charge in [0, 0.05) is 30.2 Å². The fraction of sp³-hybridized carbons (Fsp3) is 0.211. The van der Waals surface area contributed by atoms with E-state index in [1.807, 2.05) is 32.2 Å². The predicted octanol–water partition coefficient (Wildman–Crippen LogP) is 3.32. The summed E-state index contributed by atoms with van der Waals surface area (Å²) < 4.78 is 20.8. The first-order valence-electron chi connectivity index (χ1n) is 7.75. The quantitative estimate of drug-likeness (QED) is 0.781. The van der Waals surface area contributed by atoms with E-state index in [-0.39, 0.29) is 18.3 Å². The summed E-state index contributed by atoms with van der Waals surface area (Å²) in [6, 6.07) is 14.1. The average Bonchev–Trinajstić information content (AvgIpc) is 2.84. The second-order valence-corrected chi connectivity index (χ2v) is 5.64. The Balaban J connectivity index is 1.65. The van der Waals surface area contributed by atoms with Crippen molar-refractivity contribution in [3.63, 3.8) is 0 Å². The molecule has 3 rings (SSSR count). The van der Waals surface area contributed by atoms with E-state index in [2.05, 4.69) is 16.0 Å². The molecule has 2 aromatic carbocycles. The van der Waals surface area contributed by atoms with Gasteiger partial charge in [0.1, 0.15) is 0 Å². The van der Waals surface area contributed by atoms with E-state index < -0.39 is 5.82 Å². The molecule has 0 aliphatic carbocycles. The second-order valence-electron chi connectivity index (χ2n) is 5.64. The van der Waals surface area contributed by atoms with E-state index in [1.54, 1.807) is 12.1 Å². The van der Waals surface area contributed by atoms with E-state index in [9.17, 15) is 9.18 Å². The van der Waals surface area contributed by atoms with E-state index in [0.717, 1.165) is 22.2 Å². The van der Waals surface area contributed by atoms with Crippen LogP contribution in [0.2, 0.25) is 0 Å². The van der Waals surface area contributed by atoms with Gasteiger partial charge in [0.2, 0.25) is 0 Å². The van der Waals surface area contributed by atoms with Crippen molar-refractivity contribution in [2.24, 2.45) is 7.05 Å². The van der Waals surface area contributed by atoms with Gasteiger partial charge in [-0.25, -0.2) is 4.39 Å². The molecule has 0 saturated heterocycles. The molecule has 0 bridgehead atoms. The number of aromatic nitrogens is 1. The molecule has 1 heterocycles. The number of ether oxygens (including phenoxy) is 1. The average molecular weight is 326 g/mol. The van der Waals surface area contributed by atoms with Gasteiger partial charge in [-0.15, -0.1) is 0 Å². The van der Waals surface area contributed by atoms with Crippen molar-refractivity contribution >= 4 is 16.8 Å². The number of benzene rings is 2.